The second kappa shape index (κ2) is 5.33. The van der Waals surface area contributed by atoms with Gasteiger partial charge in [-0.25, -0.2) is 4.98 Å². The van der Waals surface area contributed by atoms with E-state index in [4.69, 9.17) is 11.6 Å². The maximum absolute atomic E-state index is 11.9. The molecule has 0 aliphatic heterocycles. The van der Waals surface area contributed by atoms with Crippen LogP contribution in [0.15, 0.2) is 24.5 Å². The Morgan fingerprint density at radius 1 is 1.65 bits per heavy atom. The number of hydrogen-bond donors (Lipinski definition) is 2. The van der Waals surface area contributed by atoms with Gasteiger partial charge in [-0.1, -0.05) is 18.5 Å². The first-order valence-electron chi connectivity index (χ1n) is 5.26. The Kier molecular flexibility index (Phi) is 3.81. The van der Waals surface area contributed by atoms with Crippen molar-refractivity contribution in [2.24, 2.45) is 0 Å². The molecule has 2 aromatic heterocycles. The second-order valence-corrected chi connectivity index (χ2v) is 5.23. The number of carbonyl (C=O) groups is 1. The van der Waals surface area contributed by atoms with E-state index in [1.807, 2.05) is 6.92 Å². The molecule has 0 aliphatic carbocycles. The maximum atomic E-state index is 11.9. The SMILES string of the molecule is CCC(NC(=O)c1ccc(Cl)s1)c1ncc[nH]1. The number of carbonyl (C=O) groups excluding carboxylic acids is 1. The van der Waals surface area contributed by atoms with Gasteiger partial charge in [-0.05, 0) is 18.6 Å². The number of thiophene rings is 1. The van der Waals surface area contributed by atoms with Crippen molar-refractivity contribution >= 4 is 28.8 Å². The van der Waals surface area contributed by atoms with Gasteiger partial charge in [0.25, 0.3) is 5.91 Å². The summed E-state index contributed by atoms with van der Waals surface area (Å²) >= 11 is 7.06. The fraction of sp³-hybridized carbons (Fsp3) is 0.273. The summed E-state index contributed by atoms with van der Waals surface area (Å²) in [4.78, 5) is 19.7. The van der Waals surface area contributed by atoms with Gasteiger partial charge in [0.05, 0.1) is 15.3 Å². The van der Waals surface area contributed by atoms with Gasteiger partial charge in [-0.15, -0.1) is 11.3 Å². The van der Waals surface area contributed by atoms with Gasteiger partial charge in [0, 0.05) is 12.4 Å². The number of aromatic amines is 1. The lowest BCUT2D eigenvalue weighted by Crippen LogP contribution is -2.28. The topological polar surface area (TPSA) is 57.8 Å². The number of rotatable bonds is 4. The third-order valence-corrected chi connectivity index (χ3v) is 3.59. The Hall–Kier alpha value is -1.33. The van der Waals surface area contributed by atoms with Gasteiger partial charge in [-0.2, -0.15) is 0 Å². The van der Waals surface area contributed by atoms with Crippen LogP contribution in [0.4, 0.5) is 0 Å². The van der Waals surface area contributed by atoms with Crippen molar-refractivity contribution in [3.63, 3.8) is 0 Å². The molecule has 2 rings (SSSR count). The number of hydrogen-bond acceptors (Lipinski definition) is 3. The van der Waals surface area contributed by atoms with E-state index >= 15 is 0 Å². The summed E-state index contributed by atoms with van der Waals surface area (Å²) in [6.45, 7) is 1.99. The molecule has 2 aromatic rings. The highest BCUT2D eigenvalue weighted by atomic mass is 35.5. The predicted molar refractivity (Wildman–Crippen MR) is 68.4 cm³/mol. The summed E-state index contributed by atoms with van der Waals surface area (Å²) in [5.41, 5.74) is 0. The molecule has 90 valence electrons. The van der Waals surface area contributed by atoms with E-state index in [2.05, 4.69) is 15.3 Å². The number of H-pyrrole nitrogens is 1. The third kappa shape index (κ3) is 2.87. The molecule has 1 unspecified atom stereocenters. The van der Waals surface area contributed by atoms with E-state index in [1.54, 1.807) is 24.5 Å². The molecule has 0 aromatic carbocycles. The molecule has 0 fully saturated rings. The molecule has 1 atom stereocenters. The number of halogens is 1. The molecule has 2 heterocycles. The molecule has 0 saturated carbocycles. The van der Waals surface area contributed by atoms with Crippen LogP contribution in [-0.4, -0.2) is 15.9 Å². The van der Waals surface area contributed by atoms with Gasteiger partial charge in [0.15, 0.2) is 0 Å². The van der Waals surface area contributed by atoms with Gasteiger partial charge in [0.2, 0.25) is 0 Å². The van der Waals surface area contributed by atoms with Crippen LogP contribution >= 0.6 is 22.9 Å². The van der Waals surface area contributed by atoms with Crippen LogP contribution in [0.1, 0.15) is 34.9 Å². The fourth-order valence-electron chi connectivity index (χ4n) is 1.50. The number of aromatic nitrogens is 2. The Bertz CT molecular complexity index is 495. The van der Waals surface area contributed by atoms with E-state index < -0.39 is 0 Å². The summed E-state index contributed by atoms with van der Waals surface area (Å²) in [7, 11) is 0. The first kappa shape index (κ1) is 12.1. The van der Waals surface area contributed by atoms with Crippen LogP contribution in [0.25, 0.3) is 0 Å². The van der Waals surface area contributed by atoms with E-state index in [-0.39, 0.29) is 11.9 Å². The number of amides is 1. The minimum Gasteiger partial charge on any atom is -0.347 e. The molecular weight excluding hydrogens is 258 g/mol. The van der Waals surface area contributed by atoms with Crippen molar-refractivity contribution in [1.29, 1.82) is 0 Å². The molecular formula is C11H12ClN3OS. The lowest BCUT2D eigenvalue weighted by molar-refractivity contribution is 0.0938. The van der Waals surface area contributed by atoms with Gasteiger partial charge in [-0.3, -0.25) is 4.79 Å². The summed E-state index contributed by atoms with van der Waals surface area (Å²) in [5, 5.41) is 2.92. The van der Waals surface area contributed by atoms with Crippen molar-refractivity contribution in [2.45, 2.75) is 19.4 Å². The highest BCUT2D eigenvalue weighted by Gasteiger charge is 2.16. The average Bonchev–Trinajstić information content (AvgIpc) is 2.96. The van der Waals surface area contributed by atoms with Gasteiger partial charge >= 0.3 is 0 Å². The molecule has 0 spiro atoms. The number of imidazole rings is 1. The lowest BCUT2D eigenvalue weighted by Gasteiger charge is -2.13. The predicted octanol–water partition coefficient (Wildman–Crippen LogP) is 3.01. The molecule has 4 nitrogen and oxygen atoms in total. The fourth-order valence-corrected chi connectivity index (χ4v) is 2.44. The van der Waals surface area contributed by atoms with Crippen LogP contribution in [0.2, 0.25) is 4.34 Å². The number of nitrogens with zero attached hydrogens (tertiary/aromatic N) is 1. The highest BCUT2D eigenvalue weighted by molar-refractivity contribution is 7.17. The molecule has 0 saturated heterocycles. The third-order valence-electron chi connectivity index (χ3n) is 2.36. The Labute approximate surface area is 108 Å². The van der Waals surface area contributed by atoms with E-state index in [0.717, 1.165) is 12.2 Å². The van der Waals surface area contributed by atoms with Crippen molar-refractivity contribution in [3.05, 3.63) is 39.6 Å². The van der Waals surface area contributed by atoms with Gasteiger partial charge in [0.1, 0.15) is 5.82 Å². The van der Waals surface area contributed by atoms with Crippen LogP contribution in [0.3, 0.4) is 0 Å². The standard InChI is InChI=1S/C11H12ClN3OS/c1-2-7(10-13-5-6-14-10)15-11(16)8-3-4-9(12)17-8/h3-7H,2H2,1H3,(H,13,14)(H,15,16). The van der Waals surface area contributed by atoms with E-state index in [0.29, 0.717) is 9.21 Å². The molecule has 17 heavy (non-hydrogen) atoms. The van der Waals surface area contributed by atoms with Crippen LogP contribution in [-0.2, 0) is 0 Å². The van der Waals surface area contributed by atoms with E-state index in [9.17, 15) is 4.79 Å². The number of nitrogens with one attached hydrogen (secondary N) is 2. The zero-order chi connectivity index (χ0) is 12.3. The first-order valence-corrected chi connectivity index (χ1v) is 6.45. The Balaban J connectivity index is 2.07. The highest BCUT2D eigenvalue weighted by Crippen LogP contribution is 2.22. The molecule has 0 aliphatic rings. The Morgan fingerprint density at radius 3 is 3.00 bits per heavy atom. The zero-order valence-electron chi connectivity index (χ0n) is 9.24. The monoisotopic (exact) mass is 269 g/mol. The van der Waals surface area contributed by atoms with Gasteiger partial charge < -0.3 is 10.3 Å². The second-order valence-electron chi connectivity index (χ2n) is 3.51. The van der Waals surface area contributed by atoms with Crippen molar-refractivity contribution in [1.82, 2.24) is 15.3 Å². The minimum atomic E-state index is -0.120. The summed E-state index contributed by atoms with van der Waals surface area (Å²) < 4.78 is 0.612. The largest absolute Gasteiger partial charge is 0.347 e. The quantitative estimate of drug-likeness (QED) is 0.896. The van der Waals surface area contributed by atoms with Crippen LogP contribution in [0.5, 0.6) is 0 Å². The molecule has 2 N–H and O–H groups in total. The summed E-state index contributed by atoms with van der Waals surface area (Å²) in [6.07, 6.45) is 4.19. The van der Waals surface area contributed by atoms with Crippen LogP contribution in [0, 0.1) is 0 Å². The zero-order valence-corrected chi connectivity index (χ0v) is 10.8. The Morgan fingerprint density at radius 2 is 2.47 bits per heavy atom. The van der Waals surface area contributed by atoms with Crippen molar-refractivity contribution in [2.75, 3.05) is 0 Å². The van der Waals surface area contributed by atoms with E-state index in [1.165, 1.54) is 11.3 Å². The molecule has 6 heteroatoms. The van der Waals surface area contributed by atoms with Crippen LogP contribution < -0.4 is 5.32 Å². The summed E-state index contributed by atoms with van der Waals surface area (Å²) in [6, 6.07) is 3.34. The summed E-state index contributed by atoms with van der Waals surface area (Å²) in [5.74, 6) is 0.647. The van der Waals surface area contributed by atoms with Crippen molar-refractivity contribution < 1.29 is 4.79 Å². The smallest absolute Gasteiger partial charge is 0.261 e. The normalized spacial score (nSPS) is 12.4. The molecule has 0 radical (unpaired) electrons. The minimum absolute atomic E-state index is 0.0987. The average molecular weight is 270 g/mol. The first-order chi connectivity index (χ1) is 8.20. The lowest BCUT2D eigenvalue weighted by atomic mass is 10.2. The molecule has 1 amide bonds. The molecule has 0 bridgehead atoms. The van der Waals surface area contributed by atoms with Crippen molar-refractivity contribution in [3.8, 4) is 0 Å². The maximum Gasteiger partial charge on any atom is 0.261 e.